The van der Waals surface area contributed by atoms with Gasteiger partial charge in [-0.15, -0.1) is 0 Å². The van der Waals surface area contributed by atoms with Gasteiger partial charge in [-0.25, -0.2) is 0 Å². The van der Waals surface area contributed by atoms with Gasteiger partial charge >= 0.3 is 0 Å². The molecule has 2 aromatic carbocycles. The minimum Gasteiger partial charge on any atom is -0.497 e. The summed E-state index contributed by atoms with van der Waals surface area (Å²) in [6.45, 7) is 5.78. The van der Waals surface area contributed by atoms with Gasteiger partial charge in [0.15, 0.2) is 6.10 Å². The number of para-hydroxylation sites is 1. The molecule has 0 unspecified atom stereocenters. The van der Waals surface area contributed by atoms with E-state index in [0.29, 0.717) is 12.2 Å². The molecule has 0 spiro atoms. The number of hydrogen-bond donors (Lipinski definition) is 1. The Labute approximate surface area is 154 Å². The predicted molar refractivity (Wildman–Crippen MR) is 99.7 cm³/mol. The fourth-order valence-electron chi connectivity index (χ4n) is 3.13. The molecular weight excluding hydrogens is 330 g/mol. The zero-order chi connectivity index (χ0) is 18.7. The van der Waals surface area contributed by atoms with Gasteiger partial charge in [0, 0.05) is 12.0 Å². The average Bonchev–Trinajstić information content (AvgIpc) is 2.61. The highest BCUT2D eigenvalue weighted by molar-refractivity contribution is 5.81. The Morgan fingerprint density at radius 2 is 1.92 bits per heavy atom. The summed E-state index contributed by atoms with van der Waals surface area (Å²) in [6, 6.07) is 14.8. The summed E-state index contributed by atoms with van der Waals surface area (Å²) in [7, 11) is 1.62. The number of carbonyl (C=O) groups is 1. The van der Waals surface area contributed by atoms with Crippen molar-refractivity contribution in [1.29, 1.82) is 0 Å². The first-order valence-corrected chi connectivity index (χ1v) is 8.77. The maximum absolute atomic E-state index is 12.7. The van der Waals surface area contributed by atoms with Gasteiger partial charge in [-0.3, -0.25) is 4.79 Å². The van der Waals surface area contributed by atoms with Crippen molar-refractivity contribution >= 4 is 5.91 Å². The van der Waals surface area contributed by atoms with E-state index in [2.05, 4.69) is 5.32 Å². The summed E-state index contributed by atoms with van der Waals surface area (Å²) in [5.41, 5.74) is 0.548. The predicted octanol–water partition coefficient (Wildman–Crippen LogP) is 3.88. The highest BCUT2D eigenvalue weighted by atomic mass is 16.5. The minimum atomic E-state index is -0.600. The molecule has 138 valence electrons. The van der Waals surface area contributed by atoms with Gasteiger partial charge in [-0.1, -0.05) is 18.2 Å². The quantitative estimate of drug-likeness (QED) is 0.884. The van der Waals surface area contributed by atoms with Gasteiger partial charge < -0.3 is 19.5 Å². The lowest BCUT2D eigenvalue weighted by molar-refractivity contribution is -0.128. The smallest absolute Gasteiger partial charge is 0.261 e. The number of methoxy groups -OCH3 is 1. The Morgan fingerprint density at radius 1 is 1.19 bits per heavy atom. The Hall–Kier alpha value is -2.69. The Balaban J connectivity index is 1.77. The van der Waals surface area contributed by atoms with E-state index in [-0.39, 0.29) is 17.6 Å². The largest absolute Gasteiger partial charge is 0.497 e. The zero-order valence-electron chi connectivity index (χ0n) is 15.6. The third kappa shape index (κ3) is 4.10. The average molecular weight is 355 g/mol. The zero-order valence-corrected chi connectivity index (χ0v) is 15.6. The van der Waals surface area contributed by atoms with Crippen LogP contribution in [0.1, 0.15) is 38.8 Å². The molecule has 1 amide bonds. The molecule has 1 heterocycles. The molecule has 0 aromatic heterocycles. The first-order chi connectivity index (χ1) is 12.4. The second kappa shape index (κ2) is 7.28. The summed E-state index contributed by atoms with van der Waals surface area (Å²) < 4.78 is 17.1. The van der Waals surface area contributed by atoms with Crippen LogP contribution in [-0.2, 0) is 4.79 Å². The summed E-state index contributed by atoms with van der Waals surface area (Å²) in [4.78, 5) is 12.7. The van der Waals surface area contributed by atoms with Crippen LogP contribution in [0.5, 0.6) is 17.2 Å². The molecule has 0 aliphatic carbocycles. The summed E-state index contributed by atoms with van der Waals surface area (Å²) in [5, 5.41) is 3.10. The van der Waals surface area contributed by atoms with E-state index in [1.54, 1.807) is 14.0 Å². The third-order valence-electron chi connectivity index (χ3n) is 4.42. The molecular formula is C21H25NO4. The Kier molecular flexibility index (Phi) is 5.07. The maximum Gasteiger partial charge on any atom is 0.261 e. The van der Waals surface area contributed by atoms with Gasteiger partial charge in [0.2, 0.25) is 0 Å². The number of amides is 1. The molecule has 26 heavy (non-hydrogen) atoms. The Morgan fingerprint density at radius 3 is 2.62 bits per heavy atom. The lowest BCUT2D eigenvalue weighted by Gasteiger charge is -2.38. The van der Waals surface area contributed by atoms with Crippen molar-refractivity contribution in [3.63, 3.8) is 0 Å². The summed E-state index contributed by atoms with van der Waals surface area (Å²) in [6.07, 6.45) is 0.0640. The van der Waals surface area contributed by atoms with E-state index >= 15 is 0 Å². The van der Waals surface area contributed by atoms with Crippen molar-refractivity contribution in [2.24, 2.45) is 0 Å². The van der Waals surface area contributed by atoms with Gasteiger partial charge in [0.05, 0.1) is 13.2 Å². The van der Waals surface area contributed by atoms with Crippen molar-refractivity contribution in [1.82, 2.24) is 5.32 Å². The SMILES string of the molecule is COc1ccc2c(c1)[C@@H](NC(=O)[C@@H](C)Oc1ccccc1)CC(C)(C)O2. The van der Waals surface area contributed by atoms with Crippen LogP contribution < -0.4 is 19.5 Å². The molecule has 2 atom stereocenters. The number of rotatable bonds is 5. The second-order valence-corrected chi connectivity index (χ2v) is 7.10. The van der Waals surface area contributed by atoms with Crippen molar-refractivity contribution in [3.05, 3.63) is 54.1 Å². The molecule has 5 nitrogen and oxygen atoms in total. The number of nitrogens with one attached hydrogen (secondary N) is 1. The van der Waals surface area contributed by atoms with Crippen molar-refractivity contribution in [3.8, 4) is 17.2 Å². The van der Waals surface area contributed by atoms with E-state index in [1.807, 2.05) is 62.4 Å². The Bertz CT molecular complexity index is 773. The number of hydrogen-bond acceptors (Lipinski definition) is 4. The van der Waals surface area contributed by atoms with E-state index < -0.39 is 6.10 Å². The van der Waals surface area contributed by atoms with Crippen LogP contribution >= 0.6 is 0 Å². The molecule has 0 bridgehead atoms. The molecule has 3 rings (SSSR count). The first kappa shape index (κ1) is 18.1. The third-order valence-corrected chi connectivity index (χ3v) is 4.42. The van der Waals surface area contributed by atoms with Crippen LogP contribution in [0, 0.1) is 0 Å². The van der Waals surface area contributed by atoms with Crippen LogP contribution in [-0.4, -0.2) is 24.7 Å². The van der Waals surface area contributed by atoms with Gasteiger partial charge in [0.25, 0.3) is 5.91 Å². The lowest BCUT2D eigenvalue weighted by Crippen LogP contribution is -2.44. The summed E-state index contributed by atoms with van der Waals surface area (Å²) in [5.74, 6) is 2.01. The maximum atomic E-state index is 12.7. The number of ether oxygens (including phenoxy) is 3. The first-order valence-electron chi connectivity index (χ1n) is 8.77. The van der Waals surface area contributed by atoms with E-state index in [4.69, 9.17) is 14.2 Å². The lowest BCUT2D eigenvalue weighted by atomic mass is 9.89. The number of carbonyl (C=O) groups excluding carboxylic acids is 1. The van der Waals surface area contributed by atoms with Crippen LogP contribution in [0.2, 0.25) is 0 Å². The van der Waals surface area contributed by atoms with Crippen molar-refractivity contribution in [2.45, 2.75) is 44.9 Å². The minimum absolute atomic E-state index is 0.162. The van der Waals surface area contributed by atoms with Crippen LogP contribution in [0.3, 0.4) is 0 Å². The molecule has 5 heteroatoms. The number of benzene rings is 2. The topological polar surface area (TPSA) is 56.8 Å². The van der Waals surface area contributed by atoms with Crippen LogP contribution in [0.15, 0.2) is 48.5 Å². The monoisotopic (exact) mass is 355 g/mol. The molecule has 1 N–H and O–H groups in total. The van der Waals surface area contributed by atoms with Crippen molar-refractivity contribution in [2.75, 3.05) is 7.11 Å². The summed E-state index contributed by atoms with van der Waals surface area (Å²) >= 11 is 0. The molecule has 0 saturated heterocycles. The molecule has 1 aliphatic rings. The van der Waals surface area contributed by atoms with E-state index in [9.17, 15) is 4.79 Å². The fourth-order valence-corrected chi connectivity index (χ4v) is 3.13. The fraction of sp³-hybridized carbons (Fsp3) is 0.381. The van der Waals surface area contributed by atoms with Gasteiger partial charge in [-0.05, 0) is 51.1 Å². The molecule has 0 fully saturated rings. The van der Waals surface area contributed by atoms with Crippen molar-refractivity contribution < 1.29 is 19.0 Å². The van der Waals surface area contributed by atoms with Crippen LogP contribution in [0.4, 0.5) is 0 Å². The highest BCUT2D eigenvalue weighted by Gasteiger charge is 2.35. The van der Waals surface area contributed by atoms with E-state index in [0.717, 1.165) is 17.1 Å². The molecule has 0 radical (unpaired) electrons. The molecule has 2 aromatic rings. The molecule has 1 aliphatic heterocycles. The molecule has 0 saturated carbocycles. The van der Waals surface area contributed by atoms with Crippen LogP contribution in [0.25, 0.3) is 0 Å². The second-order valence-electron chi connectivity index (χ2n) is 7.10. The van der Waals surface area contributed by atoms with Gasteiger partial charge in [-0.2, -0.15) is 0 Å². The standard InChI is InChI=1S/C21H25NO4/c1-14(25-15-8-6-5-7-9-15)20(23)22-18-13-21(2,3)26-19-11-10-16(24-4)12-17(18)19/h5-12,14,18H,13H2,1-4H3,(H,22,23)/t14-,18+/m1/s1. The highest BCUT2D eigenvalue weighted by Crippen LogP contribution is 2.41. The number of fused-ring (bicyclic) bond motifs is 1. The normalized spacial score (nSPS) is 18.8. The van der Waals surface area contributed by atoms with E-state index in [1.165, 1.54) is 0 Å². The van der Waals surface area contributed by atoms with Gasteiger partial charge in [0.1, 0.15) is 22.8 Å².